The lowest BCUT2D eigenvalue weighted by Crippen LogP contribution is -2.48. The molecule has 8 nitrogen and oxygen atoms in total. The van der Waals surface area contributed by atoms with E-state index < -0.39 is 19.1 Å². The Hall–Kier alpha value is -2.89. The van der Waals surface area contributed by atoms with Crippen LogP contribution in [0.1, 0.15) is 26.7 Å². The first kappa shape index (κ1) is 23.3. The Morgan fingerprint density at radius 1 is 1.30 bits per heavy atom. The number of aromatic nitrogens is 3. The molecule has 180 valence electrons. The zero-order valence-electron chi connectivity index (χ0n) is 18.3. The maximum absolute atomic E-state index is 13.9. The summed E-state index contributed by atoms with van der Waals surface area (Å²) in [5.41, 5.74) is 6.34. The summed E-state index contributed by atoms with van der Waals surface area (Å²) < 4.78 is 63.6. The van der Waals surface area contributed by atoms with E-state index in [-0.39, 0.29) is 42.6 Å². The van der Waals surface area contributed by atoms with Crippen LogP contribution in [0.5, 0.6) is 5.75 Å². The molecule has 0 amide bonds. The highest BCUT2D eigenvalue weighted by atomic mass is 19.3. The molecule has 0 aromatic carbocycles. The van der Waals surface area contributed by atoms with Crippen molar-refractivity contribution in [2.24, 2.45) is 0 Å². The summed E-state index contributed by atoms with van der Waals surface area (Å²) in [6.07, 6.45) is 1.89. The van der Waals surface area contributed by atoms with Gasteiger partial charge in [0.15, 0.2) is 11.6 Å². The van der Waals surface area contributed by atoms with Crippen LogP contribution in [0.25, 0.3) is 11.3 Å². The Balaban J connectivity index is 1.77. The van der Waals surface area contributed by atoms with Crippen LogP contribution in [0.3, 0.4) is 0 Å². The van der Waals surface area contributed by atoms with Gasteiger partial charge in [0.25, 0.3) is 5.92 Å². The predicted octanol–water partition coefficient (Wildman–Crippen LogP) is 3.57. The molecule has 2 N–H and O–H groups in total. The van der Waals surface area contributed by atoms with Crippen LogP contribution < -0.4 is 20.3 Å². The van der Waals surface area contributed by atoms with E-state index in [1.54, 1.807) is 6.07 Å². The molecule has 2 aromatic rings. The number of halogens is 4. The van der Waals surface area contributed by atoms with E-state index in [4.69, 9.17) is 10.5 Å². The van der Waals surface area contributed by atoms with E-state index >= 15 is 0 Å². The topological polar surface area (TPSA) is 89.6 Å². The lowest BCUT2D eigenvalue weighted by Gasteiger charge is -2.39. The van der Waals surface area contributed by atoms with Gasteiger partial charge < -0.3 is 25.0 Å². The second-order valence-corrected chi connectivity index (χ2v) is 8.29. The van der Waals surface area contributed by atoms with Crippen molar-refractivity contribution in [1.29, 1.82) is 0 Å². The van der Waals surface area contributed by atoms with Crippen LogP contribution in [0.15, 0.2) is 18.3 Å². The van der Waals surface area contributed by atoms with E-state index in [1.807, 2.05) is 18.7 Å². The first-order valence-electron chi connectivity index (χ1n) is 10.8. The van der Waals surface area contributed by atoms with Gasteiger partial charge in [-0.05, 0) is 19.4 Å². The van der Waals surface area contributed by atoms with Crippen LogP contribution in [0.4, 0.5) is 35.1 Å². The molecular weight excluding hydrogens is 444 g/mol. The lowest BCUT2D eigenvalue weighted by atomic mass is 10.1. The van der Waals surface area contributed by atoms with E-state index in [2.05, 4.69) is 19.7 Å². The van der Waals surface area contributed by atoms with Crippen LogP contribution in [-0.2, 0) is 4.74 Å². The van der Waals surface area contributed by atoms with Gasteiger partial charge in [0.2, 0.25) is 5.95 Å². The normalized spacial score (nSPS) is 22.8. The fourth-order valence-corrected chi connectivity index (χ4v) is 3.93. The highest BCUT2D eigenvalue weighted by Crippen LogP contribution is 2.34. The zero-order chi connectivity index (χ0) is 23.8. The summed E-state index contributed by atoms with van der Waals surface area (Å²) in [6, 6.07) is 2.98. The van der Waals surface area contributed by atoms with Crippen molar-refractivity contribution in [3.63, 3.8) is 0 Å². The second kappa shape index (κ2) is 9.16. The summed E-state index contributed by atoms with van der Waals surface area (Å²) in [4.78, 5) is 16.5. The molecule has 4 heterocycles. The number of alkyl halides is 4. The highest BCUT2D eigenvalue weighted by Gasteiger charge is 2.40. The van der Waals surface area contributed by atoms with E-state index in [9.17, 15) is 17.6 Å². The number of nitrogens with two attached hydrogens (primary N) is 1. The summed E-state index contributed by atoms with van der Waals surface area (Å²) in [7, 11) is 0. The molecule has 2 saturated heterocycles. The van der Waals surface area contributed by atoms with Crippen LogP contribution in [0.2, 0.25) is 0 Å². The molecule has 2 aliphatic rings. The Morgan fingerprint density at radius 2 is 2.09 bits per heavy atom. The Morgan fingerprint density at radius 3 is 2.76 bits per heavy atom. The quantitative estimate of drug-likeness (QED) is 0.641. The SMILES string of the molecule is CC[C@H]1CN(c2cc(-c3cnc(N)c(OC(F)F)c3)nc(N3CCC(F)(F)C3)n2)[C@@H](C)CO1. The average Bonchev–Trinajstić information content (AvgIpc) is 3.14. The summed E-state index contributed by atoms with van der Waals surface area (Å²) >= 11 is 0. The Bertz CT molecular complexity index is 995. The van der Waals surface area contributed by atoms with Gasteiger partial charge in [-0.25, -0.2) is 18.7 Å². The number of nitrogen functional groups attached to an aromatic ring is 1. The van der Waals surface area contributed by atoms with Gasteiger partial charge in [0.1, 0.15) is 5.82 Å². The molecule has 2 aromatic heterocycles. The molecule has 2 atom stereocenters. The summed E-state index contributed by atoms with van der Waals surface area (Å²) in [6.45, 7) is 1.60. The third kappa shape index (κ3) is 5.21. The molecule has 33 heavy (non-hydrogen) atoms. The highest BCUT2D eigenvalue weighted by molar-refractivity contribution is 5.68. The number of anilines is 3. The maximum Gasteiger partial charge on any atom is 0.387 e. The monoisotopic (exact) mass is 470 g/mol. The van der Waals surface area contributed by atoms with Gasteiger partial charge in [-0.2, -0.15) is 13.8 Å². The van der Waals surface area contributed by atoms with Gasteiger partial charge in [0, 0.05) is 37.3 Å². The molecule has 2 fully saturated rings. The standard InChI is InChI=1S/C21H26F4N6O2/c1-3-14-9-31(12(2)10-32-14)17-7-15(13-6-16(33-19(22)23)18(26)27-8-13)28-20(29-17)30-5-4-21(24,25)11-30/h6-8,12,14,19H,3-5,9-11H2,1-2H3,(H2,26,27)/t12-,14-/m0/s1. The third-order valence-electron chi connectivity index (χ3n) is 5.80. The molecule has 4 rings (SSSR count). The van der Waals surface area contributed by atoms with Gasteiger partial charge in [-0.3, -0.25) is 0 Å². The first-order chi connectivity index (χ1) is 15.6. The van der Waals surface area contributed by atoms with Crippen molar-refractivity contribution >= 4 is 17.6 Å². The molecule has 0 aliphatic carbocycles. The largest absolute Gasteiger partial charge is 0.431 e. The molecule has 0 spiro atoms. The van der Waals surface area contributed by atoms with Crippen molar-refractivity contribution in [2.75, 3.05) is 41.8 Å². The van der Waals surface area contributed by atoms with Crippen LogP contribution in [0, 0.1) is 0 Å². The molecule has 0 saturated carbocycles. The van der Waals surface area contributed by atoms with Crippen LogP contribution in [-0.4, -0.2) is 65.9 Å². The fraction of sp³-hybridized carbons (Fsp3) is 0.571. The first-order valence-corrected chi connectivity index (χ1v) is 10.8. The molecular formula is C21H26F4N6O2. The lowest BCUT2D eigenvalue weighted by molar-refractivity contribution is -0.0494. The van der Waals surface area contributed by atoms with Gasteiger partial charge in [0.05, 0.1) is 31.0 Å². The fourth-order valence-electron chi connectivity index (χ4n) is 3.93. The Labute approximate surface area is 188 Å². The van der Waals surface area contributed by atoms with Crippen molar-refractivity contribution in [2.45, 2.75) is 51.4 Å². The second-order valence-electron chi connectivity index (χ2n) is 8.29. The molecule has 0 radical (unpaired) electrons. The van der Waals surface area contributed by atoms with Gasteiger partial charge in [-0.1, -0.05) is 6.92 Å². The van der Waals surface area contributed by atoms with Crippen molar-refractivity contribution < 1.29 is 27.0 Å². The Kier molecular flexibility index (Phi) is 6.46. The molecule has 12 heteroatoms. The molecule has 0 unspecified atom stereocenters. The maximum atomic E-state index is 13.9. The number of rotatable bonds is 6. The summed E-state index contributed by atoms with van der Waals surface area (Å²) in [5, 5.41) is 0. The van der Waals surface area contributed by atoms with Crippen molar-refractivity contribution in [3.05, 3.63) is 18.3 Å². The minimum atomic E-state index is -3.08. The number of ether oxygens (including phenoxy) is 2. The predicted molar refractivity (Wildman–Crippen MR) is 115 cm³/mol. The number of pyridine rings is 1. The molecule has 0 bridgehead atoms. The minimum Gasteiger partial charge on any atom is -0.431 e. The number of nitrogens with zero attached hydrogens (tertiary/aromatic N) is 5. The number of morpholine rings is 1. The number of hydrogen-bond donors (Lipinski definition) is 1. The van der Waals surface area contributed by atoms with Gasteiger partial charge in [-0.15, -0.1) is 0 Å². The van der Waals surface area contributed by atoms with E-state index in [1.165, 1.54) is 17.2 Å². The molecule has 2 aliphatic heterocycles. The smallest absolute Gasteiger partial charge is 0.387 e. The zero-order valence-corrected chi connectivity index (χ0v) is 18.3. The average molecular weight is 470 g/mol. The van der Waals surface area contributed by atoms with E-state index in [0.29, 0.717) is 30.2 Å². The van der Waals surface area contributed by atoms with Gasteiger partial charge >= 0.3 is 6.61 Å². The third-order valence-corrected chi connectivity index (χ3v) is 5.80. The minimum absolute atomic E-state index is 0.00317. The number of hydrogen-bond acceptors (Lipinski definition) is 8. The van der Waals surface area contributed by atoms with E-state index in [0.717, 1.165) is 6.42 Å². The van der Waals surface area contributed by atoms with Crippen LogP contribution >= 0.6 is 0 Å². The summed E-state index contributed by atoms with van der Waals surface area (Å²) in [5.74, 6) is -2.64. The van der Waals surface area contributed by atoms with Crippen molar-refractivity contribution in [1.82, 2.24) is 15.0 Å². The van der Waals surface area contributed by atoms with Crippen molar-refractivity contribution in [3.8, 4) is 17.0 Å².